The van der Waals surface area contributed by atoms with Crippen molar-refractivity contribution < 1.29 is 9.47 Å². The average molecular weight is 404 g/mol. The van der Waals surface area contributed by atoms with E-state index in [0.717, 1.165) is 5.56 Å². The Kier molecular flexibility index (Phi) is 7.80. The van der Waals surface area contributed by atoms with Crippen molar-refractivity contribution in [3.63, 3.8) is 0 Å². The van der Waals surface area contributed by atoms with Gasteiger partial charge in [0.2, 0.25) is 0 Å². The van der Waals surface area contributed by atoms with Crippen molar-refractivity contribution in [1.29, 1.82) is 0 Å². The maximum Gasteiger partial charge on any atom is 0.157 e. The highest BCUT2D eigenvalue weighted by Crippen LogP contribution is 2.37. The first-order valence-corrected chi connectivity index (χ1v) is 8.55. The quantitative estimate of drug-likeness (QED) is 0.506. The van der Waals surface area contributed by atoms with Crippen LogP contribution in [0.15, 0.2) is 59.1 Å². The molecule has 0 radical (unpaired) electrons. The van der Waals surface area contributed by atoms with Gasteiger partial charge < -0.3 is 9.47 Å². The van der Waals surface area contributed by atoms with Crippen molar-refractivity contribution in [1.82, 2.24) is 0 Å². The summed E-state index contributed by atoms with van der Waals surface area (Å²) < 4.78 is 11.2. The van der Waals surface area contributed by atoms with Gasteiger partial charge in [0.1, 0.15) is 23.5 Å². The average Bonchev–Trinajstić information content (AvgIpc) is 2.54. The molecular formula is C18H14Cl4O2. The fraction of sp³-hybridized carbons (Fsp3) is 0.111. The van der Waals surface area contributed by atoms with E-state index in [2.05, 4.69) is 0 Å². The van der Waals surface area contributed by atoms with E-state index in [1.54, 1.807) is 12.1 Å². The summed E-state index contributed by atoms with van der Waals surface area (Å²) in [6.07, 6.45) is 5.37. The third kappa shape index (κ3) is 6.29. The van der Waals surface area contributed by atoms with Gasteiger partial charge in [-0.3, -0.25) is 0 Å². The number of ether oxygens (including phenoxy) is 2. The zero-order chi connectivity index (χ0) is 17.4. The molecule has 2 nitrogen and oxygen atoms in total. The predicted octanol–water partition coefficient (Wildman–Crippen LogP) is 6.78. The van der Waals surface area contributed by atoms with Gasteiger partial charge in [0.05, 0.1) is 10.0 Å². The van der Waals surface area contributed by atoms with Crippen LogP contribution < -0.4 is 9.47 Å². The first-order chi connectivity index (χ1) is 11.6. The van der Waals surface area contributed by atoms with E-state index in [9.17, 15) is 0 Å². The summed E-state index contributed by atoms with van der Waals surface area (Å²) in [5.41, 5.74) is 1.09. The predicted molar refractivity (Wildman–Crippen MR) is 103 cm³/mol. The van der Waals surface area contributed by atoms with Gasteiger partial charge in [0, 0.05) is 12.1 Å². The Morgan fingerprint density at radius 1 is 0.917 bits per heavy atom. The zero-order valence-corrected chi connectivity index (χ0v) is 15.5. The molecule has 2 rings (SSSR count). The van der Waals surface area contributed by atoms with Crippen LogP contribution in [-0.4, -0.2) is 13.2 Å². The van der Waals surface area contributed by atoms with Crippen molar-refractivity contribution in [2.75, 3.05) is 13.2 Å². The van der Waals surface area contributed by atoms with Crippen LogP contribution in [0.2, 0.25) is 10.0 Å². The molecule has 2 aromatic carbocycles. The van der Waals surface area contributed by atoms with E-state index in [1.807, 2.05) is 42.5 Å². The lowest BCUT2D eigenvalue weighted by Crippen LogP contribution is -1.97. The molecule has 0 heterocycles. The maximum atomic E-state index is 6.19. The molecule has 0 atom stereocenters. The van der Waals surface area contributed by atoms with Crippen LogP contribution in [0.3, 0.4) is 0 Å². The van der Waals surface area contributed by atoms with Crippen LogP contribution in [0.4, 0.5) is 0 Å². The van der Waals surface area contributed by atoms with Gasteiger partial charge in [-0.25, -0.2) is 0 Å². The molecule has 0 amide bonds. The highest BCUT2D eigenvalue weighted by Gasteiger charge is 2.10. The lowest BCUT2D eigenvalue weighted by Gasteiger charge is -2.11. The Labute approximate surface area is 161 Å². The van der Waals surface area contributed by atoms with Crippen molar-refractivity contribution >= 4 is 52.5 Å². The third-order valence-electron chi connectivity index (χ3n) is 2.89. The van der Waals surface area contributed by atoms with Gasteiger partial charge in [-0.1, -0.05) is 82.8 Å². The first kappa shape index (κ1) is 19.0. The van der Waals surface area contributed by atoms with E-state index in [1.165, 1.54) is 6.08 Å². The highest BCUT2D eigenvalue weighted by molar-refractivity contribution is 6.55. The lowest BCUT2D eigenvalue weighted by molar-refractivity contribution is 0.353. The Bertz CT molecular complexity index is 700. The fourth-order valence-corrected chi connectivity index (χ4v) is 2.54. The van der Waals surface area contributed by atoms with Crippen LogP contribution in [0.5, 0.6) is 11.5 Å². The third-order valence-corrected chi connectivity index (χ3v) is 3.76. The second-order valence-electron chi connectivity index (χ2n) is 4.64. The maximum absolute atomic E-state index is 6.19. The van der Waals surface area contributed by atoms with E-state index in [4.69, 9.17) is 55.9 Å². The summed E-state index contributed by atoms with van der Waals surface area (Å²) in [7, 11) is 0. The minimum absolute atomic E-state index is 0.136. The van der Waals surface area contributed by atoms with Gasteiger partial charge >= 0.3 is 0 Å². The van der Waals surface area contributed by atoms with Crippen LogP contribution in [0.1, 0.15) is 5.56 Å². The number of rotatable bonds is 7. The van der Waals surface area contributed by atoms with Crippen molar-refractivity contribution in [2.45, 2.75) is 0 Å². The Morgan fingerprint density at radius 3 is 2.21 bits per heavy atom. The molecule has 0 bridgehead atoms. The minimum atomic E-state index is 0.136. The highest BCUT2D eigenvalue weighted by atomic mass is 35.5. The summed E-state index contributed by atoms with van der Waals surface area (Å²) in [4.78, 5) is 0. The Morgan fingerprint density at radius 2 is 1.58 bits per heavy atom. The molecule has 0 aromatic heterocycles. The number of benzene rings is 2. The fourth-order valence-electron chi connectivity index (χ4n) is 1.84. The van der Waals surface area contributed by atoms with Gasteiger partial charge in [0.25, 0.3) is 0 Å². The van der Waals surface area contributed by atoms with Gasteiger partial charge in [-0.15, -0.1) is 0 Å². The van der Waals surface area contributed by atoms with Crippen LogP contribution in [-0.2, 0) is 0 Å². The SMILES string of the molecule is ClC(Cl)=CCOc1cc(Cl)c(OCC=Cc2ccccc2)c(Cl)c1. The molecule has 0 aliphatic heterocycles. The molecule has 0 saturated carbocycles. The molecule has 0 spiro atoms. The van der Waals surface area contributed by atoms with Gasteiger partial charge in [-0.05, 0) is 17.7 Å². The Balaban J connectivity index is 1.95. The standard InChI is InChI=1S/C18H14Cl4O2/c19-15-11-14(23-10-8-17(21)22)12-16(20)18(15)24-9-4-7-13-5-2-1-3-6-13/h1-8,11-12H,9-10H2. The molecule has 6 heteroatoms. The normalized spacial score (nSPS) is 10.7. The Hall–Kier alpha value is -1.32. The molecule has 2 aromatic rings. The monoisotopic (exact) mass is 402 g/mol. The van der Waals surface area contributed by atoms with E-state index < -0.39 is 0 Å². The second kappa shape index (κ2) is 9.85. The summed E-state index contributed by atoms with van der Waals surface area (Å²) in [5.74, 6) is 0.914. The smallest absolute Gasteiger partial charge is 0.157 e. The van der Waals surface area contributed by atoms with Gasteiger partial charge in [-0.2, -0.15) is 0 Å². The van der Waals surface area contributed by atoms with Crippen molar-refractivity contribution in [3.8, 4) is 11.5 Å². The second-order valence-corrected chi connectivity index (χ2v) is 6.47. The minimum Gasteiger partial charge on any atom is -0.489 e. The molecule has 0 fully saturated rings. The van der Waals surface area contributed by atoms with Crippen molar-refractivity contribution in [3.05, 3.63) is 74.7 Å². The summed E-state index contributed by atoms with van der Waals surface area (Å²) in [6.45, 7) is 0.564. The lowest BCUT2D eigenvalue weighted by atomic mass is 10.2. The molecule has 0 unspecified atom stereocenters. The molecule has 0 N–H and O–H groups in total. The first-order valence-electron chi connectivity index (χ1n) is 7.03. The topological polar surface area (TPSA) is 18.5 Å². The van der Waals surface area contributed by atoms with Crippen molar-refractivity contribution in [2.24, 2.45) is 0 Å². The number of hydrogen-bond donors (Lipinski definition) is 0. The molecule has 24 heavy (non-hydrogen) atoms. The summed E-state index contributed by atoms with van der Waals surface area (Å²) >= 11 is 23.4. The van der Waals surface area contributed by atoms with Crippen LogP contribution in [0.25, 0.3) is 6.08 Å². The molecule has 0 aliphatic carbocycles. The van der Waals surface area contributed by atoms with E-state index in [-0.39, 0.29) is 11.1 Å². The van der Waals surface area contributed by atoms with Crippen LogP contribution >= 0.6 is 46.4 Å². The molecule has 126 valence electrons. The molecule has 0 saturated heterocycles. The van der Waals surface area contributed by atoms with Gasteiger partial charge in [0.15, 0.2) is 5.75 Å². The molecule has 0 aliphatic rings. The summed E-state index contributed by atoms with van der Waals surface area (Å²) in [5, 5.41) is 0.734. The van der Waals surface area contributed by atoms with E-state index >= 15 is 0 Å². The van der Waals surface area contributed by atoms with Crippen LogP contribution in [0, 0.1) is 0 Å². The number of halogens is 4. The van der Waals surface area contributed by atoms with E-state index in [0.29, 0.717) is 28.2 Å². The summed E-state index contributed by atoms with van der Waals surface area (Å²) in [6, 6.07) is 13.2. The zero-order valence-electron chi connectivity index (χ0n) is 12.5. The molecular weight excluding hydrogens is 390 g/mol. The number of hydrogen-bond acceptors (Lipinski definition) is 2. The largest absolute Gasteiger partial charge is 0.489 e.